The molecule has 0 spiro atoms. The molecule has 2 aliphatic rings. The molecule has 166 valence electrons. The third-order valence-electron chi connectivity index (χ3n) is 6.11. The lowest BCUT2D eigenvalue weighted by molar-refractivity contribution is -0.136. The predicted molar refractivity (Wildman–Crippen MR) is 124 cm³/mol. The number of Topliss-reactive ketones (excluding diaryl/α,β-unsaturated/α-hetero) is 1. The molecule has 1 aliphatic carbocycles. The standard InChI is InChI=1S/C25H23Cl2NO4/c1-13-21(25(30)32-3)22(17-5-4-6-18(26)24(17)27)23-19(28-13)11-15(12-20(23)29)14-7-9-16(31-2)10-8-14/h4-10,15,22,28H,11-12H2,1-3H3. The average molecular weight is 472 g/mol. The minimum Gasteiger partial charge on any atom is -0.497 e. The van der Waals surface area contributed by atoms with Gasteiger partial charge in [0, 0.05) is 29.3 Å². The molecule has 0 radical (unpaired) electrons. The molecule has 5 nitrogen and oxygen atoms in total. The van der Waals surface area contributed by atoms with Crippen molar-refractivity contribution < 1.29 is 19.1 Å². The molecule has 2 unspecified atom stereocenters. The highest BCUT2D eigenvalue weighted by Gasteiger charge is 2.42. The van der Waals surface area contributed by atoms with E-state index >= 15 is 0 Å². The minimum atomic E-state index is -0.644. The number of ether oxygens (including phenoxy) is 2. The molecule has 1 heterocycles. The van der Waals surface area contributed by atoms with Gasteiger partial charge in [-0.25, -0.2) is 4.79 Å². The molecule has 2 aromatic carbocycles. The van der Waals surface area contributed by atoms with Crippen LogP contribution in [0.1, 0.15) is 42.7 Å². The monoisotopic (exact) mass is 471 g/mol. The molecule has 2 atom stereocenters. The Labute approximate surface area is 197 Å². The van der Waals surface area contributed by atoms with Gasteiger partial charge in [-0.3, -0.25) is 4.79 Å². The van der Waals surface area contributed by atoms with E-state index in [1.165, 1.54) is 7.11 Å². The zero-order valence-electron chi connectivity index (χ0n) is 18.0. The minimum absolute atomic E-state index is 0.0163. The number of carbonyl (C=O) groups is 2. The maximum absolute atomic E-state index is 13.5. The number of esters is 1. The zero-order valence-corrected chi connectivity index (χ0v) is 19.5. The van der Waals surface area contributed by atoms with Crippen LogP contribution in [0, 0.1) is 0 Å². The third kappa shape index (κ3) is 3.91. The van der Waals surface area contributed by atoms with Gasteiger partial charge in [0.1, 0.15) is 5.75 Å². The van der Waals surface area contributed by atoms with Crippen molar-refractivity contribution in [3.05, 3.63) is 86.2 Å². The smallest absolute Gasteiger partial charge is 0.336 e. The lowest BCUT2D eigenvalue weighted by atomic mass is 9.71. The highest BCUT2D eigenvalue weighted by molar-refractivity contribution is 6.42. The van der Waals surface area contributed by atoms with E-state index in [4.69, 9.17) is 32.7 Å². The van der Waals surface area contributed by atoms with Crippen molar-refractivity contribution in [1.29, 1.82) is 0 Å². The first-order chi connectivity index (χ1) is 15.3. The maximum atomic E-state index is 13.5. The number of hydrogen-bond acceptors (Lipinski definition) is 5. The van der Waals surface area contributed by atoms with Crippen molar-refractivity contribution in [2.24, 2.45) is 0 Å². The molecule has 0 fully saturated rings. The van der Waals surface area contributed by atoms with Crippen molar-refractivity contribution in [3.8, 4) is 5.75 Å². The van der Waals surface area contributed by atoms with E-state index < -0.39 is 11.9 Å². The van der Waals surface area contributed by atoms with Crippen molar-refractivity contribution >= 4 is 35.0 Å². The van der Waals surface area contributed by atoms with Gasteiger partial charge >= 0.3 is 5.97 Å². The molecule has 4 rings (SSSR count). The highest BCUT2D eigenvalue weighted by atomic mass is 35.5. The number of halogens is 2. The van der Waals surface area contributed by atoms with Gasteiger partial charge in [-0.05, 0) is 48.6 Å². The fourth-order valence-corrected chi connectivity index (χ4v) is 5.00. The molecule has 2 aromatic rings. The molecule has 1 N–H and O–H groups in total. The second-order valence-electron chi connectivity index (χ2n) is 7.93. The SMILES string of the molecule is COC(=O)C1=C(C)NC2=C(C(=O)CC(c3ccc(OC)cc3)C2)C1c1cccc(Cl)c1Cl. The van der Waals surface area contributed by atoms with Crippen LogP contribution in [0.15, 0.2) is 65.0 Å². The topological polar surface area (TPSA) is 64.6 Å². The normalized spacial score (nSPS) is 20.6. The van der Waals surface area contributed by atoms with Gasteiger partial charge in [-0.15, -0.1) is 0 Å². The lowest BCUT2D eigenvalue weighted by Gasteiger charge is -2.37. The van der Waals surface area contributed by atoms with Crippen LogP contribution in [0.5, 0.6) is 5.75 Å². The van der Waals surface area contributed by atoms with E-state index in [9.17, 15) is 9.59 Å². The zero-order chi connectivity index (χ0) is 23.0. The number of methoxy groups -OCH3 is 2. The third-order valence-corrected chi connectivity index (χ3v) is 6.95. The summed E-state index contributed by atoms with van der Waals surface area (Å²) in [6.45, 7) is 1.81. The summed E-state index contributed by atoms with van der Waals surface area (Å²) in [6, 6.07) is 13.0. The Kier molecular flexibility index (Phi) is 6.31. The van der Waals surface area contributed by atoms with Crippen LogP contribution < -0.4 is 10.1 Å². The summed E-state index contributed by atoms with van der Waals surface area (Å²) in [5.41, 5.74) is 4.03. The Hall–Kier alpha value is -2.76. The Morgan fingerprint density at radius 1 is 1.06 bits per heavy atom. The van der Waals surface area contributed by atoms with Gasteiger partial charge < -0.3 is 14.8 Å². The van der Waals surface area contributed by atoms with Crippen molar-refractivity contribution in [2.75, 3.05) is 14.2 Å². The van der Waals surface area contributed by atoms with Crippen molar-refractivity contribution in [3.63, 3.8) is 0 Å². The summed E-state index contributed by atoms with van der Waals surface area (Å²) in [6.07, 6.45) is 0.961. The maximum Gasteiger partial charge on any atom is 0.336 e. The van der Waals surface area contributed by atoms with E-state index in [0.717, 1.165) is 17.0 Å². The summed E-state index contributed by atoms with van der Waals surface area (Å²) in [7, 11) is 2.95. The van der Waals surface area contributed by atoms with E-state index in [0.29, 0.717) is 45.3 Å². The first-order valence-electron chi connectivity index (χ1n) is 10.3. The van der Waals surface area contributed by atoms with Gasteiger partial charge in [0.25, 0.3) is 0 Å². The number of ketones is 1. The van der Waals surface area contributed by atoms with Gasteiger partial charge in [0.15, 0.2) is 5.78 Å². The molecule has 0 amide bonds. The van der Waals surface area contributed by atoms with Gasteiger partial charge in [-0.2, -0.15) is 0 Å². The second-order valence-corrected chi connectivity index (χ2v) is 8.71. The van der Waals surface area contributed by atoms with Crippen LogP contribution >= 0.6 is 23.2 Å². The molecule has 0 saturated carbocycles. The Morgan fingerprint density at radius 2 is 1.78 bits per heavy atom. The number of rotatable bonds is 4. The molecule has 7 heteroatoms. The number of benzene rings is 2. The first kappa shape index (κ1) is 22.4. The molecule has 1 aliphatic heterocycles. The van der Waals surface area contributed by atoms with Gasteiger partial charge in [0.2, 0.25) is 0 Å². The van der Waals surface area contributed by atoms with Crippen molar-refractivity contribution in [1.82, 2.24) is 5.32 Å². The van der Waals surface area contributed by atoms with Gasteiger partial charge in [0.05, 0.1) is 29.8 Å². The number of carbonyl (C=O) groups excluding carboxylic acids is 2. The van der Waals surface area contributed by atoms with Crippen LogP contribution in [0.3, 0.4) is 0 Å². The molecule has 0 aromatic heterocycles. The first-order valence-corrected chi connectivity index (χ1v) is 11.0. The molecular weight excluding hydrogens is 449 g/mol. The number of nitrogens with one attached hydrogen (secondary N) is 1. The van der Waals surface area contributed by atoms with Crippen LogP contribution in [-0.2, 0) is 14.3 Å². The van der Waals surface area contributed by atoms with E-state index in [-0.39, 0.29) is 11.7 Å². The fraction of sp³-hybridized carbons (Fsp3) is 0.280. The predicted octanol–water partition coefficient (Wildman–Crippen LogP) is 5.54. The second kappa shape index (κ2) is 9.00. The molecule has 0 bridgehead atoms. The Balaban J connectivity index is 1.81. The largest absolute Gasteiger partial charge is 0.497 e. The highest BCUT2D eigenvalue weighted by Crippen LogP contribution is 2.48. The number of dihydropyridines is 1. The average Bonchev–Trinajstić information content (AvgIpc) is 2.79. The Morgan fingerprint density at radius 3 is 2.44 bits per heavy atom. The van der Waals surface area contributed by atoms with E-state index in [2.05, 4.69) is 5.32 Å². The summed E-state index contributed by atoms with van der Waals surface area (Å²) in [5, 5.41) is 4.00. The summed E-state index contributed by atoms with van der Waals surface area (Å²) in [5.74, 6) is -0.400. The molecular formula is C25H23Cl2NO4. The van der Waals surface area contributed by atoms with E-state index in [1.807, 2.05) is 31.2 Å². The summed E-state index contributed by atoms with van der Waals surface area (Å²) < 4.78 is 10.3. The molecule has 0 saturated heterocycles. The van der Waals surface area contributed by atoms with Crippen LogP contribution in [0.2, 0.25) is 10.0 Å². The van der Waals surface area contributed by atoms with E-state index in [1.54, 1.807) is 25.3 Å². The summed E-state index contributed by atoms with van der Waals surface area (Å²) in [4.78, 5) is 26.2. The summed E-state index contributed by atoms with van der Waals surface area (Å²) >= 11 is 12.8. The van der Waals surface area contributed by atoms with Crippen LogP contribution in [-0.4, -0.2) is 26.0 Å². The quantitative estimate of drug-likeness (QED) is 0.593. The van der Waals surface area contributed by atoms with Gasteiger partial charge in [-0.1, -0.05) is 47.5 Å². The molecule has 32 heavy (non-hydrogen) atoms. The Bertz CT molecular complexity index is 1150. The van der Waals surface area contributed by atoms with Crippen molar-refractivity contribution in [2.45, 2.75) is 31.6 Å². The fourth-order valence-electron chi connectivity index (χ4n) is 4.59. The lowest BCUT2D eigenvalue weighted by Crippen LogP contribution is -2.36. The van der Waals surface area contributed by atoms with Crippen LogP contribution in [0.25, 0.3) is 0 Å². The number of hydrogen-bond donors (Lipinski definition) is 1. The number of allylic oxidation sites excluding steroid dienone is 3. The van der Waals surface area contributed by atoms with Crippen LogP contribution in [0.4, 0.5) is 0 Å².